The van der Waals surface area contributed by atoms with Crippen LogP contribution in [0, 0.1) is 0 Å². The normalized spacial score (nSPS) is 14.3. The lowest BCUT2D eigenvalue weighted by Crippen LogP contribution is -2.39. The van der Waals surface area contributed by atoms with Gasteiger partial charge in [0, 0.05) is 24.0 Å². The van der Waals surface area contributed by atoms with E-state index in [1.165, 1.54) is 24.3 Å². The van der Waals surface area contributed by atoms with E-state index in [9.17, 15) is 18.0 Å². The van der Waals surface area contributed by atoms with E-state index in [4.69, 9.17) is 11.6 Å². The predicted molar refractivity (Wildman–Crippen MR) is 85.4 cm³/mol. The Morgan fingerprint density at radius 2 is 1.78 bits per heavy atom. The molecule has 0 spiro atoms. The Labute approximate surface area is 139 Å². The molecule has 7 nitrogen and oxygen atoms in total. The number of benzene rings is 1. The predicted octanol–water partition coefficient (Wildman–Crippen LogP) is 0.403. The Balaban J connectivity index is 1.69. The third-order valence-electron chi connectivity index (χ3n) is 3.16. The molecule has 0 bridgehead atoms. The van der Waals surface area contributed by atoms with Gasteiger partial charge in [-0.15, -0.1) is 0 Å². The lowest BCUT2D eigenvalue weighted by molar-refractivity contribution is -0.126. The number of sulfonamides is 1. The molecule has 0 radical (unpaired) electrons. The maximum Gasteiger partial charge on any atom is 0.240 e. The summed E-state index contributed by atoms with van der Waals surface area (Å²) in [7, 11) is -3.68. The molecular formula is C14H18ClN3O4S. The molecule has 1 aromatic rings. The molecule has 0 aliphatic heterocycles. The smallest absolute Gasteiger partial charge is 0.240 e. The van der Waals surface area contributed by atoms with Crippen LogP contribution in [0.15, 0.2) is 29.2 Å². The van der Waals surface area contributed by atoms with E-state index in [0.29, 0.717) is 5.02 Å². The van der Waals surface area contributed by atoms with Gasteiger partial charge in [-0.05, 0) is 37.1 Å². The average molecular weight is 360 g/mol. The largest absolute Gasteiger partial charge is 0.352 e. The molecule has 2 amide bonds. The van der Waals surface area contributed by atoms with E-state index in [-0.39, 0.29) is 36.4 Å². The third kappa shape index (κ3) is 6.17. The van der Waals surface area contributed by atoms with E-state index >= 15 is 0 Å². The Morgan fingerprint density at radius 3 is 2.39 bits per heavy atom. The fraction of sp³-hybridized carbons (Fsp3) is 0.429. The molecule has 1 saturated carbocycles. The molecule has 0 saturated heterocycles. The van der Waals surface area contributed by atoms with Crippen LogP contribution in [0.4, 0.5) is 0 Å². The van der Waals surface area contributed by atoms with Crippen molar-refractivity contribution in [2.75, 3.05) is 13.1 Å². The molecule has 1 aliphatic carbocycles. The highest BCUT2D eigenvalue weighted by Crippen LogP contribution is 2.18. The second-order valence-electron chi connectivity index (χ2n) is 5.22. The molecule has 0 unspecified atom stereocenters. The van der Waals surface area contributed by atoms with Gasteiger partial charge in [-0.3, -0.25) is 9.59 Å². The molecular weight excluding hydrogens is 342 g/mol. The van der Waals surface area contributed by atoms with E-state index in [1.807, 2.05) is 0 Å². The van der Waals surface area contributed by atoms with Gasteiger partial charge in [-0.1, -0.05) is 11.6 Å². The van der Waals surface area contributed by atoms with Crippen LogP contribution in [0.25, 0.3) is 0 Å². The highest BCUT2D eigenvalue weighted by Gasteiger charge is 2.23. The first-order valence-corrected chi connectivity index (χ1v) is 9.04. The first-order valence-electron chi connectivity index (χ1n) is 7.18. The van der Waals surface area contributed by atoms with E-state index in [0.717, 1.165) is 12.8 Å². The second kappa shape index (κ2) is 7.76. The van der Waals surface area contributed by atoms with Gasteiger partial charge in [0.05, 0.1) is 11.4 Å². The first-order chi connectivity index (χ1) is 10.9. The van der Waals surface area contributed by atoms with Crippen molar-refractivity contribution in [1.82, 2.24) is 15.4 Å². The SMILES string of the molecule is O=C(CCNS(=O)(=O)c1ccc(Cl)cc1)NCC(=O)NC1CC1. The van der Waals surface area contributed by atoms with Crippen molar-refractivity contribution in [3.05, 3.63) is 29.3 Å². The second-order valence-corrected chi connectivity index (χ2v) is 7.42. The van der Waals surface area contributed by atoms with Crippen LogP contribution < -0.4 is 15.4 Å². The molecule has 126 valence electrons. The van der Waals surface area contributed by atoms with Crippen molar-refractivity contribution in [3.8, 4) is 0 Å². The summed E-state index contributed by atoms with van der Waals surface area (Å²) in [5.74, 6) is -0.627. The molecule has 1 aromatic carbocycles. The van der Waals surface area contributed by atoms with Crippen LogP contribution in [0.1, 0.15) is 19.3 Å². The summed E-state index contributed by atoms with van der Waals surface area (Å²) in [6.07, 6.45) is 1.90. The zero-order chi connectivity index (χ0) is 16.9. The monoisotopic (exact) mass is 359 g/mol. The minimum atomic E-state index is -3.68. The van der Waals surface area contributed by atoms with Gasteiger partial charge in [0.2, 0.25) is 21.8 Å². The highest BCUT2D eigenvalue weighted by atomic mass is 35.5. The third-order valence-corrected chi connectivity index (χ3v) is 4.89. The van der Waals surface area contributed by atoms with Crippen LogP contribution in [0.2, 0.25) is 5.02 Å². The Kier molecular flexibility index (Phi) is 5.97. The fourth-order valence-corrected chi connectivity index (χ4v) is 2.93. The lowest BCUT2D eigenvalue weighted by Gasteiger charge is -2.08. The van der Waals surface area contributed by atoms with Crippen LogP contribution >= 0.6 is 11.6 Å². The molecule has 0 atom stereocenters. The molecule has 1 fully saturated rings. The van der Waals surface area contributed by atoms with Crippen LogP contribution in [0.3, 0.4) is 0 Å². The van der Waals surface area contributed by atoms with Gasteiger partial charge < -0.3 is 10.6 Å². The van der Waals surface area contributed by atoms with Crippen LogP contribution in [-0.4, -0.2) is 39.4 Å². The lowest BCUT2D eigenvalue weighted by atomic mass is 10.4. The zero-order valence-electron chi connectivity index (χ0n) is 12.3. The van der Waals surface area contributed by atoms with Crippen molar-refractivity contribution in [1.29, 1.82) is 0 Å². The number of rotatable bonds is 8. The van der Waals surface area contributed by atoms with Crippen molar-refractivity contribution in [2.24, 2.45) is 0 Å². The maximum absolute atomic E-state index is 12.0. The number of hydrogen-bond acceptors (Lipinski definition) is 4. The Hall–Kier alpha value is -1.64. The van der Waals surface area contributed by atoms with Gasteiger partial charge in [0.25, 0.3) is 0 Å². The zero-order valence-corrected chi connectivity index (χ0v) is 13.9. The number of hydrogen-bond donors (Lipinski definition) is 3. The molecule has 0 aromatic heterocycles. The number of halogens is 1. The Morgan fingerprint density at radius 1 is 1.13 bits per heavy atom. The topological polar surface area (TPSA) is 104 Å². The molecule has 1 aliphatic rings. The number of amides is 2. The number of carbonyl (C=O) groups excluding carboxylic acids is 2. The van der Waals surface area contributed by atoms with Crippen molar-refractivity contribution in [2.45, 2.75) is 30.2 Å². The van der Waals surface area contributed by atoms with Gasteiger partial charge in [-0.25, -0.2) is 13.1 Å². The minimum absolute atomic E-state index is 0.0521. The minimum Gasteiger partial charge on any atom is -0.352 e. The van der Waals surface area contributed by atoms with Gasteiger partial charge in [0.1, 0.15) is 0 Å². The summed E-state index contributed by atoms with van der Waals surface area (Å²) >= 11 is 5.70. The van der Waals surface area contributed by atoms with Crippen LogP contribution in [-0.2, 0) is 19.6 Å². The van der Waals surface area contributed by atoms with Crippen molar-refractivity contribution >= 4 is 33.4 Å². The first kappa shape index (κ1) is 17.7. The molecule has 23 heavy (non-hydrogen) atoms. The fourth-order valence-electron chi connectivity index (χ4n) is 1.77. The quantitative estimate of drug-likeness (QED) is 0.625. The average Bonchev–Trinajstić information content (AvgIpc) is 3.29. The standard InChI is InChI=1S/C14H18ClN3O4S/c15-10-1-5-12(6-2-10)23(21,22)17-8-7-13(19)16-9-14(20)18-11-3-4-11/h1-2,5-6,11,17H,3-4,7-9H2,(H,16,19)(H,18,20). The van der Waals surface area contributed by atoms with Crippen LogP contribution in [0.5, 0.6) is 0 Å². The summed E-state index contributed by atoms with van der Waals surface area (Å²) in [5, 5.41) is 5.62. The van der Waals surface area contributed by atoms with Crippen molar-refractivity contribution in [3.63, 3.8) is 0 Å². The number of nitrogens with one attached hydrogen (secondary N) is 3. The summed E-state index contributed by atoms with van der Waals surface area (Å²) < 4.78 is 26.3. The van der Waals surface area contributed by atoms with E-state index < -0.39 is 15.9 Å². The van der Waals surface area contributed by atoms with Crippen molar-refractivity contribution < 1.29 is 18.0 Å². The maximum atomic E-state index is 12.0. The summed E-state index contributed by atoms with van der Waals surface area (Å²) in [6, 6.07) is 5.95. The number of carbonyl (C=O) groups is 2. The van der Waals surface area contributed by atoms with E-state index in [2.05, 4.69) is 15.4 Å². The molecule has 3 N–H and O–H groups in total. The van der Waals surface area contributed by atoms with E-state index in [1.54, 1.807) is 0 Å². The summed E-state index contributed by atoms with van der Waals surface area (Å²) in [5.41, 5.74) is 0. The molecule has 0 heterocycles. The molecule has 2 rings (SSSR count). The summed E-state index contributed by atoms with van der Waals surface area (Å²) in [4.78, 5) is 23.0. The van der Waals surface area contributed by atoms with Gasteiger partial charge in [-0.2, -0.15) is 0 Å². The van der Waals surface area contributed by atoms with Gasteiger partial charge >= 0.3 is 0 Å². The van der Waals surface area contributed by atoms with Gasteiger partial charge in [0.15, 0.2) is 0 Å². The summed E-state index contributed by atoms with van der Waals surface area (Å²) in [6.45, 7) is -0.152. The highest BCUT2D eigenvalue weighted by molar-refractivity contribution is 7.89. The Bertz CT molecular complexity index is 672. The molecule has 9 heteroatoms.